The van der Waals surface area contributed by atoms with Gasteiger partial charge in [0.05, 0.1) is 19.3 Å². The van der Waals surface area contributed by atoms with E-state index in [2.05, 4.69) is 4.90 Å². The number of likely N-dealkylation sites (tertiary alicyclic amines) is 1. The zero-order valence-corrected chi connectivity index (χ0v) is 13.4. The minimum Gasteiger partial charge on any atom is -0.465 e. The average Bonchev–Trinajstić information content (AvgIpc) is 2.87. The van der Waals surface area contributed by atoms with E-state index in [1.54, 1.807) is 13.0 Å². The van der Waals surface area contributed by atoms with Crippen molar-refractivity contribution in [2.45, 2.75) is 51.2 Å². The summed E-state index contributed by atoms with van der Waals surface area (Å²) in [7, 11) is 1.38. The molecule has 2 unspecified atom stereocenters. The van der Waals surface area contributed by atoms with E-state index in [1.807, 2.05) is 0 Å². The molecule has 1 N–H and O–H groups in total. The number of piperidine rings is 1. The third-order valence-corrected chi connectivity index (χ3v) is 5.27. The number of nitrogens with zero attached hydrogens (tertiary/aromatic N) is 1. The summed E-state index contributed by atoms with van der Waals surface area (Å²) in [6, 6.07) is 1.78. The van der Waals surface area contributed by atoms with E-state index in [0.29, 0.717) is 23.8 Å². The molecule has 5 heteroatoms. The van der Waals surface area contributed by atoms with Crippen LogP contribution in [-0.4, -0.2) is 41.8 Å². The van der Waals surface area contributed by atoms with Crippen molar-refractivity contribution in [3.05, 3.63) is 23.2 Å². The van der Waals surface area contributed by atoms with Crippen LogP contribution in [0, 0.1) is 12.8 Å². The van der Waals surface area contributed by atoms with Crippen LogP contribution in [0.15, 0.2) is 10.5 Å². The van der Waals surface area contributed by atoms with E-state index < -0.39 is 5.60 Å². The number of aryl methyl sites for hydroxylation is 1. The number of carbonyl (C=O) groups excluding carboxylic acids is 1. The second kappa shape index (κ2) is 6.05. The van der Waals surface area contributed by atoms with Crippen LogP contribution in [0.3, 0.4) is 0 Å². The summed E-state index contributed by atoms with van der Waals surface area (Å²) in [6.45, 7) is 4.25. The van der Waals surface area contributed by atoms with Crippen LogP contribution in [0.5, 0.6) is 0 Å². The van der Waals surface area contributed by atoms with Crippen LogP contribution in [-0.2, 0) is 11.3 Å². The number of methoxy groups -OCH3 is 1. The minimum atomic E-state index is -0.453. The summed E-state index contributed by atoms with van der Waals surface area (Å²) in [6.07, 6.45) is 5.25. The van der Waals surface area contributed by atoms with Crippen molar-refractivity contribution >= 4 is 5.97 Å². The van der Waals surface area contributed by atoms with Crippen molar-refractivity contribution in [2.75, 3.05) is 20.2 Å². The molecule has 0 spiro atoms. The molecular formula is C17H25NO4. The maximum Gasteiger partial charge on any atom is 0.341 e. The third kappa shape index (κ3) is 2.92. The molecule has 0 amide bonds. The lowest BCUT2D eigenvalue weighted by Gasteiger charge is -2.47. The van der Waals surface area contributed by atoms with Crippen LogP contribution >= 0.6 is 0 Å². The average molecular weight is 307 g/mol. The molecular weight excluding hydrogens is 282 g/mol. The molecule has 0 bridgehead atoms. The van der Waals surface area contributed by atoms with Gasteiger partial charge in [-0.3, -0.25) is 4.90 Å². The Balaban J connectivity index is 1.66. The Morgan fingerprint density at radius 3 is 3.09 bits per heavy atom. The molecule has 2 fully saturated rings. The second-order valence-corrected chi connectivity index (χ2v) is 6.71. The fourth-order valence-electron chi connectivity index (χ4n) is 3.94. The molecule has 1 saturated heterocycles. The lowest BCUT2D eigenvalue weighted by Crippen LogP contribution is -2.52. The standard InChI is InChI=1S/C17H25NO4/c1-12-15(16(19)21-2)9-14(22-12)11-18-8-7-17(20)6-4-3-5-13(17)10-18/h9,13,20H,3-8,10-11H2,1-2H3. The van der Waals surface area contributed by atoms with Gasteiger partial charge in [-0.25, -0.2) is 4.79 Å². The fraction of sp³-hybridized carbons (Fsp3) is 0.706. The van der Waals surface area contributed by atoms with Crippen molar-refractivity contribution in [3.63, 3.8) is 0 Å². The smallest absolute Gasteiger partial charge is 0.341 e. The van der Waals surface area contributed by atoms with E-state index in [4.69, 9.17) is 9.15 Å². The highest BCUT2D eigenvalue weighted by Gasteiger charge is 2.42. The Labute approximate surface area is 131 Å². The Kier molecular flexibility index (Phi) is 4.28. The third-order valence-electron chi connectivity index (χ3n) is 5.27. The number of hydrogen-bond donors (Lipinski definition) is 1. The number of carbonyl (C=O) groups is 1. The molecule has 122 valence electrons. The van der Waals surface area contributed by atoms with Crippen LogP contribution in [0.2, 0.25) is 0 Å². The predicted octanol–water partition coefficient (Wildman–Crippen LogP) is 2.50. The molecule has 1 saturated carbocycles. The van der Waals surface area contributed by atoms with E-state index in [1.165, 1.54) is 13.5 Å². The Hall–Kier alpha value is -1.33. The zero-order valence-electron chi connectivity index (χ0n) is 13.4. The molecule has 0 aromatic carbocycles. The monoisotopic (exact) mass is 307 g/mol. The van der Waals surface area contributed by atoms with E-state index in [0.717, 1.165) is 44.5 Å². The first kappa shape index (κ1) is 15.6. The van der Waals surface area contributed by atoms with E-state index in [9.17, 15) is 9.90 Å². The van der Waals surface area contributed by atoms with Gasteiger partial charge in [-0.15, -0.1) is 0 Å². The van der Waals surface area contributed by atoms with Crippen LogP contribution in [0.4, 0.5) is 0 Å². The molecule has 1 aromatic heterocycles. The van der Waals surface area contributed by atoms with Crippen LogP contribution in [0.1, 0.15) is 54.0 Å². The van der Waals surface area contributed by atoms with Crippen molar-refractivity contribution < 1.29 is 19.1 Å². The second-order valence-electron chi connectivity index (χ2n) is 6.71. The summed E-state index contributed by atoms with van der Waals surface area (Å²) in [5.74, 6) is 1.41. The van der Waals surface area contributed by atoms with Gasteiger partial charge >= 0.3 is 5.97 Å². The number of rotatable bonds is 3. The van der Waals surface area contributed by atoms with E-state index in [-0.39, 0.29) is 5.97 Å². The fourth-order valence-corrected chi connectivity index (χ4v) is 3.94. The highest BCUT2D eigenvalue weighted by Crippen LogP contribution is 2.40. The van der Waals surface area contributed by atoms with Gasteiger partial charge in [0, 0.05) is 19.0 Å². The summed E-state index contributed by atoms with van der Waals surface area (Å²) < 4.78 is 10.5. The predicted molar refractivity (Wildman–Crippen MR) is 81.6 cm³/mol. The van der Waals surface area contributed by atoms with Gasteiger partial charge in [0.25, 0.3) is 0 Å². The van der Waals surface area contributed by atoms with Crippen molar-refractivity contribution in [3.8, 4) is 0 Å². The quantitative estimate of drug-likeness (QED) is 0.869. The number of fused-ring (bicyclic) bond motifs is 1. The lowest BCUT2D eigenvalue weighted by molar-refractivity contribution is -0.0975. The zero-order chi connectivity index (χ0) is 15.7. The Morgan fingerprint density at radius 2 is 2.32 bits per heavy atom. The van der Waals surface area contributed by atoms with Crippen molar-refractivity contribution in [2.24, 2.45) is 5.92 Å². The molecule has 2 aliphatic rings. The first-order valence-corrected chi connectivity index (χ1v) is 8.14. The number of hydrogen-bond acceptors (Lipinski definition) is 5. The van der Waals surface area contributed by atoms with Crippen molar-refractivity contribution in [1.29, 1.82) is 0 Å². The summed E-state index contributed by atoms with van der Waals surface area (Å²) in [5, 5.41) is 10.7. The molecule has 2 atom stereocenters. The summed E-state index contributed by atoms with van der Waals surface area (Å²) in [5.41, 5.74) is 0.0500. The molecule has 1 aliphatic heterocycles. The lowest BCUT2D eigenvalue weighted by atomic mass is 9.71. The first-order chi connectivity index (χ1) is 10.5. The number of ether oxygens (including phenoxy) is 1. The van der Waals surface area contributed by atoms with Gasteiger partial charge in [-0.1, -0.05) is 12.8 Å². The first-order valence-electron chi connectivity index (χ1n) is 8.14. The number of esters is 1. The Morgan fingerprint density at radius 1 is 1.50 bits per heavy atom. The Bertz CT molecular complexity index is 553. The minimum absolute atomic E-state index is 0.354. The highest BCUT2D eigenvalue weighted by molar-refractivity contribution is 5.90. The van der Waals surface area contributed by atoms with Gasteiger partial charge in [0.15, 0.2) is 0 Å². The van der Waals surface area contributed by atoms with Crippen molar-refractivity contribution in [1.82, 2.24) is 4.90 Å². The maximum atomic E-state index is 11.6. The summed E-state index contributed by atoms with van der Waals surface area (Å²) >= 11 is 0. The normalized spacial score (nSPS) is 29.1. The van der Waals surface area contributed by atoms with Gasteiger partial charge in [0.1, 0.15) is 17.1 Å². The molecule has 22 heavy (non-hydrogen) atoms. The van der Waals surface area contributed by atoms with Crippen LogP contribution < -0.4 is 0 Å². The number of aliphatic hydroxyl groups is 1. The summed E-state index contributed by atoms with van der Waals surface area (Å²) in [4.78, 5) is 14.0. The topological polar surface area (TPSA) is 62.9 Å². The van der Waals surface area contributed by atoms with Gasteiger partial charge in [-0.2, -0.15) is 0 Å². The highest BCUT2D eigenvalue weighted by atomic mass is 16.5. The largest absolute Gasteiger partial charge is 0.465 e. The molecule has 0 radical (unpaired) electrons. The molecule has 1 aromatic rings. The van der Waals surface area contributed by atoms with Gasteiger partial charge in [0.2, 0.25) is 0 Å². The molecule has 2 heterocycles. The number of furan rings is 1. The SMILES string of the molecule is COC(=O)c1cc(CN2CCC3(O)CCCCC3C2)oc1C. The molecule has 3 rings (SSSR count). The van der Waals surface area contributed by atoms with Crippen LogP contribution in [0.25, 0.3) is 0 Å². The molecule has 1 aliphatic carbocycles. The maximum absolute atomic E-state index is 11.6. The van der Waals surface area contributed by atoms with E-state index >= 15 is 0 Å². The van der Waals surface area contributed by atoms with Gasteiger partial charge in [-0.05, 0) is 32.3 Å². The van der Waals surface area contributed by atoms with Gasteiger partial charge < -0.3 is 14.3 Å². The molecule has 5 nitrogen and oxygen atoms in total.